The van der Waals surface area contributed by atoms with Gasteiger partial charge in [0.15, 0.2) is 11.5 Å². The highest BCUT2D eigenvalue weighted by Gasteiger charge is 2.36. The molecule has 2 heterocycles. The van der Waals surface area contributed by atoms with Gasteiger partial charge in [0, 0.05) is 18.1 Å². The van der Waals surface area contributed by atoms with Gasteiger partial charge in [0.2, 0.25) is 5.91 Å². The van der Waals surface area contributed by atoms with Crippen molar-refractivity contribution in [2.45, 2.75) is 27.4 Å². The van der Waals surface area contributed by atoms with Crippen molar-refractivity contribution in [2.75, 3.05) is 19.0 Å². The van der Waals surface area contributed by atoms with Crippen molar-refractivity contribution in [3.8, 4) is 11.5 Å². The normalized spacial score (nSPS) is 14.3. The van der Waals surface area contributed by atoms with Crippen molar-refractivity contribution in [1.29, 1.82) is 0 Å². The first-order valence-corrected chi connectivity index (χ1v) is 12.4. The summed E-state index contributed by atoms with van der Waals surface area (Å²) in [6, 6.07) is 12.9. The van der Waals surface area contributed by atoms with E-state index in [9.17, 15) is 14.4 Å². The van der Waals surface area contributed by atoms with Gasteiger partial charge in [-0.15, -0.1) is 0 Å². The van der Waals surface area contributed by atoms with Crippen LogP contribution in [0.5, 0.6) is 11.5 Å². The largest absolute Gasteiger partial charge is 0.493 e. The minimum atomic E-state index is -0.514. The Morgan fingerprint density at radius 3 is 2.41 bits per heavy atom. The van der Waals surface area contributed by atoms with E-state index in [4.69, 9.17) is 9.47 Å². The van der Waals surface area contributed by atoms with E-state index in [-0.39, 0.29) is 11.4 Å². The number of amides is 3. The van der Waals surface area contributed by atoms with E-state index >= 15 is 0 Å². The van der Waals surface area contributed by atoms with Crippen LogP contribution in [0.25, 0.3) is 6.08 Å². The molecule has 1 aliphatic rings. The third-order valence-corrected chi connectivity index (χ3v) is 6.65. The maximum Gasteiger partial charge on any atom is 0.294 e. The van der Waals surface area contributed by atoms with Crippen molar-refractivity contribution in [3.63, 3.8) is 0 Å². The number of aryl methyl sites for hydroxylation is 3. The zero-order chi connectivity index (χ0) is 26.5. The molecule has 1 N–H and O–H groups in total. The SMILES string of the molecule is COc1cc(/C=C2/SC(=O)N(CC(=O)Nc3c(C)cc(C)cc3C)C2=O)ccc1OCc1ccncc1. The zero-order valence-electron chi connectivity index (χ0n) is 21.0. The Hall–Kier alpha value is -4.11. The molecule has 4 rings (SSSR count). The summed E-state index contributed by atoms with van der Waals surface area (Å²) in [6.45, 7) is 5.78. The van der Waals surface area contributed by atoms with E-state index in [2.05, 4.69) is 10.3 Å². The molecule has 1 fully saturated rings. The molecule has 1 saturated heterocycles. The molecule has 0 atom stereocenters. The number of thioether (sulfide) groups is 1. The molecule has 0 spiro atoms. The fourth-order valence-corrected chi connectivity index (χ4v) is 4.86. The molecule has 9 heteroatoms. The predicted molar refractivity (Wildman–Crippen MR) is 144 cm³/mol. The molecule has 1 aromatic heterocycles. The lowest BCUT2D eigenvalue weighted by atomic mass is 10.1. The molecular weight excluding hydrogens is 490 g/mol. The van der Waals surface area contributed by atoms with E-state index in [1.165, 1.54) is 7.11 Å². The van der Waals surface area contributed by atoms with Gasteiger partial charge < -0.3 is 14.8 Å². The zero-order valence-corrected chi connectivity index (χ0v) is 21.8. The van der Waals surface area contributed by atoms with Gasteiger partial charge >= 0.3 is 0 Å². The number of aromatic nitrogens is 1. The summed E-state index contributed by atoms with van der Waals surface area (Å²) in [7, 11) is 1.53. The maximum atomic E-state index is 12.9. The summed E-state index contributed by atoms with van der Waals surface area (Å²) in [5.41, 5.74) is 5.25. The molecule has 190 valence electrons. The Labute approximate surface area is 219 Å². The number of ether oxygens (including phenoxy) is 2. The second-order valence-electron chi connectivity index (χ2n) is 8.64. The van der Waals surface area contributed by atoms with Gasteiger partial charge in [-0.2, -0.15) is 0 Å². The smallest absolute Gasteiger partial charge is 0.294 e. The number of carbonyl (C=O) groups is 3. The highest BCUT2D eigenvalue weighted by atomic mass is 32.2. The summed E-state index contributed by atoms with van der Waals surface area (Å²) in [5.74, 6) is 0.0867. The van der Waals surface area contributed by atoms with E-state index in [0.29, 0.717) is 29.4 Å². The van der Waals surface area contributed by atoms with Gasteiger partial charge in [-0.05, 0) is 85.1 Å². The third-order valence-electron chi connectivity index (χ3n) is 5.75. The lowest BCUT2D eigenvalue weighted by Gasteiger charge is -2.16. The monoisotopic (exact) mass is 517 g/mol. The van der Waals surface area contributed by atoms with Crippen molar-refractivity contribution in [1.82, 2.24) is 9.88 Å². The second-order valence-corrected chi connectivity index (χ2v) is 9.64. The molecular formula is C28H27N3O5S. The van der Waals surface area contributed by atoms with Crippen LogP contribution in [-0.2, 0) is 16.2 Å². The highest BCUT2D eigenvalue weighted by molar-refractivity contribution is 8.18. The Bertz CT molecular complexity index is 1360. The second kappa shape index (κ2) is 11.3. The van der Waals surface area contributed by atoms with Gasteiger partial charge in [-0.3, -0.25) is 24.3 Å². The van der Waals surface area contributed by atoms with Gasteiger partial charge in [0.25, 0.3) is 11.1 Å². The number of anilines is 1. The minimum absolute atomic E-state index is 0.230. The van der Waals surface area contributed by atoms with Crippen LogP contribution in [-0.4, -0.2) is 40.6 Å². The standard InChI is InChI=1S/C28H27N3O5S/c1-17-11-18(2)26(19(3)12-17)30-25(32)15-31-27(33)24(37-28(31)34)14-21-5-6-22(23(13-21)35-4)36-16-20-7-9-29-10-8-20/h5-14H,15-16H2,1-4H3,(H,30,32)/b24-14+. The number of imide groups is 1. The Morgan fingerprint density at radius 2 is 1.73 bits per heavy atom. The van der Waals surface area contributed by atoms with Crippen molar-refractivity contribution in [2.24, 2.45) is 0 Å². The number of hydrogen-bond donors (Lipinski definition) is 1. The van der Waals surface area contributed by atoms with Crippen molar-refractivity contribution < 1.29 is 23.9 Å². The predicted octanol–water partition coefficient (Wildman–Crippen LogP) is 5.27. The Kier molecular flexibility index (Phi) is 7.93. The molecule has 0 aliphatic carbocycles. The third kappa shape index (κ3) is 6.18. The minimum Gasteiger partial charge on any atom is -0.493 e. The van der Waals surface area contributed by atoms with Gasteiger partial charge in [0.05, 0.1) is 12.0 Å². The Morgan fingerprint density at radius 1 is 1.03 bits per heavy atom. The fourth-order valence-electron chi connectivity index (χ4n) is 4.02. The van der Waals surface area contributed by atoms with Crippen LogP contribution >= 0.6 is 11.8 Å². The molecule has 0 radical (unpaired) electrons. The van der Waals surface area contributed by atoms with Crippen LogP contribution < -0.4 is 14.8 Å². The molecule has 0 bridgehead atoms. The fraction of sp³-hybridized carbons (Fsp3) is 0.214. The first-order chi connectivity index (χ1) is 17.7. The van der Waals surface area contributed by atoms with Gasteiger partial charge in [-0.25, -0.2) is 0 Å². The number of pyridine rings is 1. The number of methoxy groups -OCH3 is 1. The van der Waals surface area contributed by atoms with Crippen molar-refractivity contribution >= 4 is 40.6 Å². The van der Waals surface area contributed by atoms with Crippen LogP contribution in [0.2, 0.25) is 0 Å². The van der Waals surface area contributed by atoms with Crippen LogP contribution in [0, 0.1) is 20.8 Å². The Balaban J connectivity index is 1.44. The first-order valence-electron chi connectivity index (χ1n) is 11.6. The van der Waals surface area contributed by atoms with Crippen LogP contribution in [0.15, 0.2) is 59.8 Å². The summed E-state index contributed by atoms with van der Waals surface area (Å²) in [5, 5.41) is 2.34. The average Bonchev–Trinajstić information content (AvgIpc) is 3.13. The van der Waals surface area contributed by atoms with E-state index < -0.39 is 17.1 Å². The first kappa shape index (κ1) is 26.0. The van der Waals surface area contributed by atoms with Crippen molar-refractivity contribution in [3.05, 3.63) is 87.6 Å². The molecule has 8 nitrogen and oxygen atoms in total. The number of rotatable bonds is 8. The molecule has 37 heavy (non-hydrogen) atoms. The molecule has 1 aliphatic heterocycles. The number of nitrogens with zero attached hydrogens (tertiary/aromatic N) is 2. The molecule has 3 amide bonds. The van der Waals surface area contributed by atoms with E-state index in [0.717, 1.165) is 38.9 Å². The molecule has 0 unspecified atom stereocenters. The number of nitrogens with one attached hydrogen (secondary N) is 1. The van der Waals surface area contributed by atoms with Crippen LogP contribution in [0.1, 0.15) is 27.8 Å². The van der Waals surface area contributed by atoms with E-state index in [1.54, 1.807) is 36.7 Å². The molecule has 3 aromatic rings. The summed E-state index contributed by atoms with van der Waals surface area (Å²) < 4.78 is 11.3. The average molecular weight is 518 g/mol. The molecule has 0 saturated carbocycles. The highest BCUT2D eigenvalue weighted by Crippen LogP contribution is 2.35. The topological polar surface area (TPSA) is 97.8 Å². The number of carbonyl (C=O) groups excluding carboxylic acids is 3. The lowest BCUT2D eigenvalue weighted by molar-refractivity contribution is -0.127. The summed E-state index contributed by atoms with van der Waals surface area (Å²) in [6.07, 6.45) is 4.99. The van der Waals surface area contributed by atoms with Gasteiger partial charge in [-0.1, -0.05) is 23.8 Å². The van der Waals surface area contributed by atoms with Crippen LogP contribution in [0.4, 0.5) is 10.5 Å². The molecule has 2 aromatic carbocycles. The van der Waals surface area contributed by atoms with Gasteiger partial charge in [0.1, 0.15) is 13.2 Å². The maximum absolute atomic E-state index is 12.9. The lowest BCUT2D eigenvalue weighted by Crippen LogP contribution is -2.36. The number of hydrogen-bond acceptors (Lipinski definition) is 7. The summed E-state index contributed by atoms with van der Waals surface area (Å²) >= 11 is 0.799. The number of benzene rings is 2. The quantitative estimate of drug-likeness (QED) is 0.407. The van der Waals surface area contributed by atoms with Crippen LogP contribution in [0.3, 0.4) is 0 Å². The summed E-state index contributed by atoms with van der Waals surface area (Å²) in [4.78, 5) is 43.3. The van der Waals surface area contributed by atoms with E-state index in [1.807, 2.05) is 45.0 Å².